The molecule has 7 heteroatoms. The van der Waals surface area contributed by atoms with Crippen molar-refractivity contribution in [1.82, 2.24) is 14.1 Å². The summed E-state index contributed by atoms with van der Waals surface area (Å²) in [4.78, 5) is 0.304. The number of rotatable bonds is 3. The third-order valence-electron chi connectivity index (χ3n) is 2.99. The zero-order chi connectivity index (χ0) is 13.3. The Morgan fingerprint density at radius 1 is 1.33 bits per heavy atom. The highest BCUT2D eigenvalue weighted by atomic mass is 32.2. The summed E-state index contributed by atoms with van der Waals surface area (Å²) in [5.74, 6) is 0. The standard InChI is InChI=1S/C11H19N3O3S/c1-9(2)14-8-11(10(3)12-14)18(15,16)13-4-6-17-7-5-13/h8-9H,4-7H2,1-3H3. The molecule has 1 saturated heterocycles. The van der Waals surface area contributed by atoms with Gasteiger partial charge in [0.05, 0.1) is 18.9 Å². The fourth-order valence-corrected chi connectivity index (χ4v) is 3.47. The molecule has 0 N–H and O–H groups in total. The van der Waals surface area contributed by atoms with E-state index in [1.54, 1.807) is 17.8 Å². The van der Waals surface area contributed by atoms with Gasteiger partial charge in [-0.1, -0.05) is 0 Å². The van der Waals surface area contributed by atoms with Gasteiger partial charge >= 0.3 is 0 Å². The number of sulfonamides is 1. The molecular weight excluding hydrogens is 254 g/mol. The van der Waals surface area contributed by atoms with Gasteiger partial charge in [-0.3, -0.25) is 4.68 Å². The molecule has 1 aromatic rings. The third-order valence-corrected chi connectivity index (χ3v) is 4.99. The average molecular weight is 273 g/mol. The molecule has 1 aromatic heterocycles. The van der Waals surface area contributed by atoms with Gasteiger partial charge in [-0.15, -0.1) is 0 Å². The molecule has 0 aromatic carbocycles. The van der Waals surface area contributed by atoms with Crippen LogP contribution < -0.4 is 0 Å². The SMILES string of the molecule is Cc1nn(C(C)C)cc1S(=O)(=O)N1CCOCC1. The van der Waals surface area contributed by atoms with Crippen molar-refractivity contribution in [2.45, 2.75) is 31.7 Å². The van der Waals surface area contributed by atoms with Crippen LogP contribution in [-0.4, -0.2) is 48.8 Å². The lowest BCUT2D eigenvalue weighted by atomic mass is 10.4. The van der Waals surface area contributed by atoms with Crippen molar-refractivity contribution >= 4 is 10.0 Å². The van der Waals surface area contributed by atoms with Gasteiger partial charge in [0.1, 0.15) is 4.90 Å². The molecule has 0 atom stereocenters. The van der Waals surface area contributed by atoms with Crippen molar-refractivity contribution in [2.24, 2.45) is 0 Å². The molecule has 1 aliphatic heterocycles. The Morgan fingerprint density at radius 3 is 2.44 bits per heavy atom. The summed E-state index contributed by atoms with van der Waals surface area (Å²) in [7, 11) is -3.44. The molecule has 0 unspecified atom stereocenters. The molecule has 0 aliphatic carbocycles. The van der Waals surface area contributed by atoms with Crippen LogP contribution in [0.25, 0.3) is 0 Å². The first-order valence-corrected chi connectivity index (χ1v) is 7.50. The molecule has 0 amide bonds. The molecule has 6 nitrogen and oxygen atoms in total. The molecule has 0 spiro atoms. The molecule has 102 valence electrons. The lowest BCUT2D eigenvalue weighted by molar-refractivity contribution is 0.0730. The van der Waals surface area contributed by atoms with Crippen LogP contribution in [0.15, 0.2) is 11.1 Å². The minimum absolute atomic E-state index is 0.150. The first kappa shape index (κ1) is 13.5. The van der Waals surface area contributed by atoms with Crippen LogP contribution in [0.1, 0.15) is 25.6 Å². The Kier molecular flexibility index (Phi) is 3.74. The van der Waals surface area contributed by atoms with Gasteiger partial charge in [0, 0.05) is 25.3 Å². The Bertz CT molecular complexity index is 516. The average Bonchev–Trinajstić information content (AvgIpc) is 2.73. The number of aromatic nitrogens is 2. The van der Waals surface area contributed by atoms with Crippen molar-refractivity contribution < 1.29 is 13.2 Å². The van der Waals surface area contributed by atoms with Gasteiger partial charge in [0.2, 0.25) is 10.0 Å². The number of hydrogen-bond acceptors (Lipinski definition) is 4. The van der Waals surface area contributed by atoms with Crippen LogP contribution in [0.2, 0.25) is 0 Å². The summed E-state index contributed by atoms with van der Waals surface area (Å²) >= 11 is 0. The second-order valence-electron chi connectivity index (χ2n) is 4.67. The fraction of sp³-hybridized carbons (Fsp3) is 0.727. The molecule has 0 bridgehead atoms. The van der Waals surface area contributed by atoms with Gasteiger partial charge in [-0.25, -0.2) is 8.42 Å². The van der Waals surface area contributed by atoms with Gasteiger partial charge in [0.25, 0.3) is 0 Å². The number of morpholine rings is 1. The van der Waals surface area contributed by atoms with Crippen molar-refractivity contribution in [3.63, 3.8) is 0 Å². The maximum atomic E-state index is 12.5. The second-order valence-corrected chi connectivity index (χ2v) is 6.58. The highest BCUT2D eigenvalue weighted by Gasteiger charge is 2.29. The van der Waals surface area contributed by atoms with Crippen molar-refractivity contribution in [2.75, 3.05) is 26.3 Å². The van der Waals surface area contributed by atoms with E-state index in [4.69, 9.17) is 4.74 Å². The molecule has 0 saturated carbocycles. The van der Waals surface area contributed by atoms with Crippen LogP contribution in [0.3, 0.4) is 0 Å². The fourth-order valence-electron chi connectivity index (χ4n) is 1.91. The van der Waals surface area contributed by atoms with E-state index in [1.807, 2.05) is 13.8 Å². The van der Waals surface area contributed by atoms with E-state index in [2.05, 4.69) is 5.10 Å². The minimum atomic E-state index is -3.44. The molecule has 1 fully saturated rings. The molecule has 18 heavy (non-hydrogen) atoms. The van der Waals surface area contributed by atoms with Gasteiger partial charge < -0.3 is 4.74 Å². The summed E-state index contributed by atoms with van der Waals surface area (Å²) in [5.41, 5.74) is 0.551. The van der Waals surface area contributed by atoms with E-state index in [0.717, 1.165) is 0 Å². The van der Waals surface area contributed by atoms with E-state index in [0.29, 0.717) is 36.9 Å². The predicted octanol–water partition coefficient (Wildman–Crippen LogP) is 0.793. The molecule has 1 aliphatic rings. The van der Waals surface area contributed by atoms with Crippen LogP contribution in [0.5, 0.6) is 0 Å². The summed E-state index contributed by atoms with van der Waals surface area (Å²) in [6, 6.07) is 0.150. The van der Waals surface area contributed by atoms with Crippen molar-refractivity contribution in [3.05, 3.63) is 11.9 Å². The quantitative estimate of drug-likeness (QED) is 0.817. The molecule has 0 radical (unpaired) electrons. The maximum absolute atomic E-state index is 12.5. The van der Waals surface area contributed by atoms with E-state index >= 15 is 0 Å². The summed E-state index contributed by atoms with van der Waals surface area (Å²) in [6.45, 7) is 7.40. The van der Waals surface area contributed by atoms with E-state index in [1.165, 1.54) is 4.31 Å². The zero-order valence-corrected chi connectivity index (χ0v) is 11.8. The Labute approximate surface area is 108 Å². The number of hydrogen-bond donors (Lipinski definition) is 0. The Hall–Kier alpha value is -0.920. The van der Waals surface area contributed by atoms with Crippen LogP contribution in [0.4, 0.5) is 0 Å². The predicted molar refractivity (Wildman–Crippen MR) is 66.9 cm³/mol. The Balaban J connectivity index is 2.34. The van der Waals surface area contributed by atoms with E-state index < -0.39 is 10.0 Å². The van der Waals surface area contributed by atoms with E-state index in [9.17, 15) is 8.42 Å². The largest absolute Gasteiger partial charge is 0.379 e. The number of ether oxygens (including phenoxy) is 1. The van der Waals surface area contributed by atoms with Crippen molar-refractivity contribution in [3.8, 4) is 0 Å². The normalized spacial score (nSPS) is 18.4. The lowest BCUT2D eigenvalue weighted by Crippen LogP contribution is -2.40. The monoisotopic (exact) mass is 273 g/mol. The molecule has 2 rings (SSSR count). The highest BCUT2D eigenvalue weighted by Crippen LogP contribution is 2.21. The first-order chi connectivity index (χ1) is 8.43. The van der Waals surface area contributed by atoms with Crippen LogP contribution in [0, 0.1) is 6.92 Å². The maximum Gasteiger partial charge on any atom is 0.246 e. The molecule has 2 heterocycles. The topological polar surface area (TPSA) is 64.4 Å². The zero-order valence-electron chi connectivity index (χ0n) is 11.0. The summed E-state index contributed by atoms with van der Waals surface area (Å²) in [6.07, 6.45) is 1.62. The smallest absolute Gasteiger partial charge is 0.246 e. The molecular formula is C11H19N3O3S. The van der Waals surface area contributed by atoms with Gasteiger partial charge in [-0.2, -0.15) is 9.40 Å². The minimum Gasteiger partial charge on any atom is -0.379 e. The van der Waals surface area contributed by atoms with E-state index in [-0.39, 0.29) is 6.04 Å². The third kappa shape index (κ3) is 2.43. The number of nitrogens with zero attached hydrogens (tertiary/aromatic N) is 3. The van der Waals surface area contributed by atoms with Crippen LogP contribution >= 0.6 is 0 Å². The van der Waals surface area contributed by atoms with Crippen LogP contribution in [-0.2, 0) is 14.8 Å². The highest BCUT2D eigenvalue weighted by molar-refractivity contribution is 7.89. The number of aryl methyl sites for hydroxylation is 1. The first-order valence-electron chi connectivity index (χ1n) is 6.06. The summed E-state index contributed by atoms with van der Waals surface area (Å²) < 4.78 is 33.2. The van der Waals surface area contributed by atoms with Crippen molar-refractivity contribution in [1.29, 1.82) is 0 Å². The van der Waals surface area contributed by atoms with Gasteiger partial charge in [0.15, 0.2) is 0 Å². The lowest BCUT2D eigenvalue weighted by Gasteiger charge is -2.25. The summed E-state index contributed by atoms with van der Waals surface area (Å²) in [5, 5.41) is 4.25. The Morgan fingerprint density at radius 2 is 1.94 bits per heavy atom. The van der Waals surface area contributed by atoms with Gasteiger partial charge in [-0.05, 0) is 20.8 Å². The second kappa shape index (κ2) is 4.99.